The molecular weight excluding hydrogens is 262 g/mol. The summed E-state index contributed by atoms with van der Waals surface area (Å²) in [5, 5.41) is 7.30. The van der Waals surface area contributed by atoms with Crippen molar-refractivity contribution in [1.82, 2.24) is 9.97 Å². The summed E-state index contributed by atoms with van der Waals surface area (Å²) in [5.74, 6) is 0.658. The number of hydrogen-bond donors (Lipinski definition) is 1. The van der Waals surface area contributed by atoms with E-state index in [0.717, 1.165) is 11.0 Å². The van der Waals surface area contributed by atoms with Crippen molar-refractivity contribution in [3.05, 3.63) is 39.3 Å². The Morgan fingerprint density at radius 2 is 2.07 bits per heavy atom. The zero-order chi connectivity index (χ0) is 9.80. The molecular formula is C9H8BrN3S. The van der Waals surface area contributed by atoms with Crippen LogP contribution in [0.5, 0.6) is 0 Å². The maximum Gasteiger partial charge on any atom is 0.222 e. The van der Waals surface area contributed by atoms with Crippen LogP contribution in [0.2, 0.25) is 0 Å². The van der Waals surface area contributed by atoms with E-state index >= 15 is 0 Å². The lowest BCUT2D eigenvalue weighted by Gasteiger charge is -2.02. The summed E-state index contributed by atoms with van der Waals surface area (Å²) in [6.07, 6.45) is 3.44. The Morgan fingerprint density at radius 1 is 1.29 bits per heavy atom. The fourth-order valence-electron chi connectivity index (χ4n) is 0.999. The predicted molar refractivity (Wildman–Crippen MR) is 61.4 cm³/mol. The number of anilines is 1. The van der Waals surface area contributed by atoms with Crippen LogP contribution in [0.15, 0.2) is 33.7 Å². The molecule has 0 fully saturated rings. The molecule has 2 heterocycles. The SMILES string of the molecule is Brc1cscc1CNc1ncccn1. The number of rotatable bonds is 3. The second-order valence-corrected chi connectivity index (χ2v) is 4.27. The molecule has 0 aliphatic rings. The zero-order valence-corrected chi connectivity index (χ0v) is 9.68. The van der Waals surface area contributed by atoms with Crippen LogP contribution < -0.4 is 5.32 Å². The van der Waals surface area contributed by atoms with Crippen LogP contribution in [0.4, 0.5) is 5.95 Å². The molecule has 14 heavy (non-hydrogen) atoms. The van der Waals surface area contributed by atoms with Gasteiger partial charge in [0.15, 0.2) is 0 Å². The average Bonchev–Trinajstić information content (AvgIpc) is 2.63. The van der Waals surface area contributed by atoms with Crippen LogP contribution in [0, 0.1) is 0 Å². The van der Waals surface area contributed by atoms with E-state index in [0.29, 0.717) is 5.95 Å². The Labute approximate surface area is 94.4 Å². The van der Waals surface area contributed by atoms with Gasteiger partial charge in [-0.15, -0.1) is 0 Å². The van der Waals surface area contributed by atoms with Gasteiger partial charge in [0, 0.05) is 28.8 Å². The molecule has 72 valence electrons. The molecule has 2 aromatic heterocycles. The fraction of sp³-hybridized carbons (Fsp3) is 0.111. The van der Waals surface area contributed by atoms with E-state index in [9.17, 15) is 0 Å². The van der Waals surface area contributed by atoms with Gasteiger partial charge in [-0.2, -0.15) is 11.3 Å². The summed E-state index contributed by atoms with van der Waals surface area (Å²) in [7, 11) is 0. The highest BCUT2D eigenvalue weighted by molar-refractivity contribution is 9.10. The van der Waals surface area contributed by atoms with Crippen molar-refractivity contribution in [3.8, 4) is 0 Å². The predicted octanol–water partition coefficient (Wildman–Crippen LogP) is 2.91. The smallest absolute Gasteiger partial charge is 0.222 e. The number of nitrogens with zero attached hydrogens (tertiary/aromatic N) is 2. The highest BCUT2D eigenvalue weighted by atomic mass is 79.9. The summed E-state index contributed by atoms with van der Waals surface area (Å²) in [4.78, 5) is 8.15. The molecule has 0 spiro atoms. The van der Waals surface area contributed by atoms with E-state index in [1.807, 2.05) is 0 Å². The van der Waals surface area contributed by atoms with Gasteiger partial charge in [0.2, 0.25) is 5.95 Å². The van der Waals surface area contributed by atoms with E-state index < -0.39 is 0 Å². The Morgan fingerprint density at radius 3 is 2.71 bits per heavy atom. The van der Waals surface area contributed by atoms with Crippen LogP contribution in [-0.4, -0.2) is 9.97 Å². The largest absolute Gasteiger partial charge is 0.350 e. The van der Waals surface area contributed by atoms with Crippen LogP contribution in [-0.2, 0) is 6.54 Å². The van der Waals surface area contributed by atoms with Crippen LogP contribution in [0.25, 0.3) is 0 Å². The second kappa shape index (κ2) is 4.52. The summed E-state index contributed by atoms with van der Waals surface area (Å²) < 4.78 is 1.13. The number of thiophene rings is 1. The molecule has 0 saturated heterocycles. The molecule has 5 heteroatoms. The molecule has 2 aromatic rings. The molecule has 0 amide bonds. The minimum Gasteiger partial charge on any atom is -0.350 e. The minimum absolute atomic E-state index is 0.658. The molecule has 0 radical (unpaired) electrons. The Balaban J connectivity index is 1.99. The molecule has 0 unspecified atom stereocenters. The third kappa shape index (κ3) is 2.30. The molecule has 1 N–H and O–H groups in total. The third-order valence-corrected chi connectivity index (χ3v) is 3.52. The first-order valence-electron chi connectivity index (χ1n) is 4.08. The maximum atomic E-state index is 4.07. The molecule has 0 bridgehead atoms. The Hall–Kier alpha value is -0.940. The van der Waals surface area contributed by atoms with Gasteiger partial charge in [0.05, 0.1) is 0 Å². The van der Waals surface area contributed by atoms with Crippen molar-refractivity contribution < 1.29 is 0 Å². The van der Waals surface area contributed by atoms with Crippen molar-refractivity contribution in [2.75, 3.05) is 5.32 Å². The summed E-state index contributed by atoms with van der Waals surface area (Å²) in [6.45, 7) is 0.744. The molecule has 0 aliphatic heterocycles. The fourth-order valence-corrected chi connectivity index (χ4v) is 2.44. The molecule has 0 saturated carbocycles. The standard InChI is InChI=1S/C9H8BrN3S/c10-8-6-14-5-7(8)4-13-9-11-2-1-3-12-9/h1-3,5-6H,4H2,(H,11,12,13). The molecule has 3 nitrogen and oxygen atoms in total. The normalized spacial score (nSPS) is 10.1. The Kier molecular flexibility index (Phi) is 3.10. The quantitative estimate of drug-likeness (QED) is 0.931. The van der Waals surface area contributed by atoms with Crippen molar-refractivity contribution in [2.24, 2.45) is 0 Å². The number of halogens is 1. The van der Waals surface area contributed by atoms with Gasteiger partial charge in [-0.05, 0) is 32.9 Å². The Bertz CT molecular complexity index is 401. The van der Waals surface area contributed by atoms with Gasteiger partial charge in [-0.25, -0.2) is 9.97 Å². The number of hydrogen-bond acceptors (Lipinski definition) is 4. The summed E-state index contributed by atoms with van der Waals surface area (Å²) in [5.41, 5.74) is 1.22. The molecule has 0 aliphatic carbocycles. The van der Waals surface area contributed by atoms with E-state index in [-0.39, 0.29) is 0 Å². The third-order valence-electron chi connectivity index (χ3n) is 1.69. The first-order valence-corrected chi connectivity index (χ1v) is 5.81. The van der Waals surface area contributed by atoms with Crippen LogP contribution >= 0.6 is 27.3 Å². The minimum atomic E-state index is 0.658. The van der Waals surface area contributed by atoms with Gasteiger partial charge >= 0.3 is 0 Å². The van der Waals surface area contributed by atoms with Crippen molar-refractivity contribution >= 4 is 33.2 Å². The van der Waals surface area contributed by atoms with E-state index in [1.54, 1.807) is 29.8 Å². The zero-order valence-electron chi connectivity index (χ0n) is 7.27. The first kappa shape index (κ1) is 9.61. The van der Waals surface area contributed by atoms with Crippen molar-refractivity contribution in [1.29, 1.82) is 0 Å². The van der Waals surface area contributed by atoms with E-state index in [4.69, 9.17) is 0 Å². The van der Waals surface area contributed by atoms with Crippen LogP contribution in [0.3, 0.4) is 0 Å². The lowest BCUT2D eigenvalue weighted by atomic mass is 10.3. The van der Waals surface area contributed by atoms with Crippen molar-refractivity contribution in [3.63, 3.8) is 0 Å². The highest BCUT2D eigenvalue weighted by Gasteiger charge is 2.00. The number of aromatic nitrogens is 2. The topological polar surface area (TPSA) is 37.8 Å². The molecule has 2 rings (SSSR count). The second-order valence-electron chi connectivity index (χ2n) is 2.67. The summed E-state index contributed by atoms with van der Waals surface area (Å²) >= 11 is 5.14. The number of nitrogens with one attached hydrogen (secondary N) is 1. The molecule has 0 atom stereocenters. The summed E-state index contributed by atoms with van der Waals surface area (Å²) in [6, 6.07) is 1.80. The van der Waals surface area contributed by atoms with E-state index in [1.165, 1.54) is 5.56 Å². The highest BCUT2D eigenvalue weighted by Crippen LogP contribution is 2.21. The van der Waals surface area contributed by atoms with E-state index in [2.05, 4.69) is 42.0 Å². The van der Waals surface area contributed by atoms with Crippen molar-refractivity contribution in [2.45, 2.75) is 6.54 Å². The monoisotopic (exact) mass is 269 g/mol. The lowest BCUT2D eigenvalue weighted by Crippen LogP contribution is -2.02. The van der Waals surface area contributed by atoms with Gasteiger partial charge < -0.3 is 5.32 Å². The van der Waals surface area contributed by atoms with Gasteiger partial charge in [-0.3, -0.25) is 0 Å². The first-order chi connectivity index (χ1) is 6.86. The maximum absolute atomic E-state index is 4.07. The van der Waals surface area contributed by atoms with Crippen LogP contribution in [0.1, 0.15) is 5.56 Å². The van der Waals surface area contributed by atoms with Gasteiger partial charge in [0.25, 0.3) is 0 Å². The molecule has 0 aromatic carbocycles. The lowest BCUT2D eigenvalue weighted by molar-refractivity contribution is 1.05. The van der Waals surface area contributed by atoms with Gasteiger partial charge in [0.1, 0.15) is 0 Å². The average molecular weight is 270 g/mol. The van der Waals surface area contributed by atoms with Gasteiger partial charge in [-0.1, -0.05) is 0 Å².